The molecule has 10 nitrogen and oxygen atoms in total. The topological polar surface area (TPSA) is 156 Å². The summed E-state index contributed by atoms with van der Waals surface area (Å²) in [5, 5.41) is 2.81. The molecular weight excluding hydrogens is 594 g/mol. The van der Waals surface area contributed by atoms with Gasteiger partial charge in [-0.25, -0.2) is 0 Å². The maximum atomic E-state index is 12.6. The second-order valence-corrected chi connectivity index (χ2v) is 13.7. The number of primary amides is 2. The molecule has 3 aliphatic heterocycles. The van der Waals surface area contributed by atoms with E-state index in [9.17, 15) is 24.0 Å². The van der Waals surface area contributed by atoms with E-state index in [2.05, 4.69) is 26.1 Å². The maximum Gasteiger partial charge on any atom is 0.253 e. The van der Waals surface area contributed by atoms with Crippen molar-refractivity contribution in [1.29, 1.82) is 0 Å². The monoisotopic (exact) mass is 647 g/mol. The fourth-order valence-corrected chi connectivity index (χ4v) is 6.35. The third-order valence-electron chi connectivity index (χ3n) is 8.83. The minimum absolute atomic E-state index is 0.0354. The molecule has 47 heavy (non-hydrogen) atoms. The summed E-state index contributed by atoms with van der Waals surface area (Å²) in [4.78, 5) is 61.3. The van der Waals surface area contributed by atoms with Crippen molar-refractivity contribution in [2.45, 2.75) is 85.0 Å². The predicted octanol–water partition coefficient (Wildman–Crippen LogP) is 5.16. The Morgan fingerprint density at radius 3 is 1.66 bits per heavy atom. The van der Waals surface area contributed by atoms with Crippen LogP contribution >= 0.6 is 0 Å². The Kier molecular flexibility index (Phi) is 14.4. The molecular formula is C37H53N5O5. The molecule has 3 aliphatic rings. The molecule has 5 rings (SSSR count). The van der Waals surface area contributed by atoms with Gasteiger partial charge in [-0.05, 0) is 98.4 Å². The first-order chi connectivity index (χ1) is 22.4. The molecule has 10 heteroatoms. The van der Waals surface area contributed by atoms with E-state index in [0.717, 1.165) is 77.7 Å². The van der Waals surface area contributed by atoms with E-state index < -0.39 is 11.8 Å². The van der Waals surface area contributed by atoms with Crippen molar-refractivity contribution in [2.75, 3.05) is 32.7 Å². The summed E-state index contributed by atoms with van der Waals surface area (Å²) in [6.07, 6.45) is 10.9. The second kappa shape index (κ2) is 18.2. The normalized spacial score (nSPS) is 19.6. The van der Waals surface area contributed by atoms with E-state index >= 15 is 0 Å². The molecule has 1 unspecified atom stereocenters. The summed E-state index contributed by atoms with van der Waals surface area (Å²) in [6.45, 7) is 10.8. The van der Waals surface area contributed by atoms with Gasteiger partial charge in [-0.1, -0.05) is 40.0 Å². The van der Waals surface area contributed by atoms with Gasteiger partial charge in [-0.3, -0.25) is 24.0 Å². The van der Waals surface area contributed by atoms with Crippen molar-refractivity contribution in [3.63, 3.8) is 0 Å². The third kappa shape index (κ3) is 12.5. The van der Waals surface area contributed by atoms with Gasteiger partial charge in [0.25, 0.3) is 11.8 Å². The first-order valence-corrected chi connectivity index (χ1v) is 17.0. The highest BCUT2D eigenvalue weighted by Crippen LogP contribution is 2.32. The molecule has 3 fully saturated rings. The third-order valence-corrected chi connectivity index (χ3v) is 8.83. The lowest BCUT2D eigenvalue weighted by Crippen LogP contribution is -2.37. The van der Waals surface area contributed by atoms with E-state index in [1.807, 2.05) is 9.80 Å². The highest BCUT2D eigenvalue weighted by Gasteiger charge is 2.30. The van der Waals surface area contributed by atoms with Gasteiger partial charge >= 0.3 is 0 Å². The summed E-state index contributed by atoms with van der Waals surface area (Å²) in [5.74, 6) is 0.00107. The standard InChI is InChI=1S/C17H24N2O2.C14H18N2O2.C6H11NO/c1-12-8-9-19(11-17(2,3)10-12)16(21)14-6-4-13(5-7-14)15(18)20;15-13(17)11-5-7-12(8-6-11)14(18)16-9-3-1-2-4-10-16;8-6-4-2-1-3-5-7-6/h4-7,12H,8-11H2,1-3H3,(H2,18,20);5-8H,1-4,9-10H2,(H2,15,17);1-5H2,(H,7,8). The van der Waals surface area contributed by atoms with E-state index in [1.54, 1.807) is 48.5 Å². The number of nitrogens with one attached hydrogen (secondary N) is 1. The van der Waals surface area contributed by atoms with Crippen molar-refractivity contribution < 1.29 is 24.0 Å². The zero-order valence-electron chi connectivity index (χ0n) is 28.4. The summed E-state index contributed by atoms with van der Waals surface area (Å²) in [7, 11) is 0. The maximum absolute atomic E-state index is 12.6. The Hall–Kier alpha value is -4.21. The van der Waals surface area contributed by atoms with Gasteiger partial charge in [0.1, 0.15) is 0 Å². The van der Waals surface area contributed by atoms with Gasteiger partial charge in [0.05, 0.1) is 0 Å². The number of carbonyl (C=O) groups is 5. The summed E-state index contributed by atoms with van der Waals surface area (Å²) < 4.78 is 0. The lowest BCUT2D eigenvalue weighted by Gasteiger charge is -2.30. The average molecular weight is 648 g/mol. The zero-order valence-corrected chi connectivity index (χ0v) is 28.4. The van der Waals surface area contributed by atoms with Gasteiger partial charge in [-0.15, -0.1) is 0 Å². The lowest BCUT2D eigenvalue weighted by atomic mass is 9.83. The van der Waals surface area contributed by atoms with Crippen molar-refractivity contribution in [2.24, 2.45) is 22.8 Å². The molecule has 5 amide bonds. The molecule has 0 bridgehead atoms. The van der Waals surface area contributed by atoms with Gasteiger partial charge in [0.2, 0.25) is 17.7 Å². The highest BCUT2D eigenvalue weighted by molar-refractivity contribution is 5.98. The van der Waals surface area contributed by atoms with E-state index in [4.69, 9.17) is 11.5 Å². The zero-order chi connectivity index (χ0) is 34.4. The van der Waals surface area contributed by atoms with Gasteiger partial charge in [0.15, 0.2) is 0 Å². The number of nitrogens with zero attached hydrogens (tertiary/aromatic N) is 2. The van der Waals surface area contributed by atoms with Crippen molar-refractivity contribution in [3.8, 4) is 0 Å². The van der Waals surface area contributed by atoms with Crippen LogP contribution in [0.2, 0.25) is 0 Å². The van der Waals surface area contributed by atoms with Gasteiger partial charge in [0, 0.05) is 61.4 Å². The Bertz CT molecular complexity index is 1340. The van der Waals surface area contributed by atoms with Crippen LogP contribution in [0.4, 0.5) is 0 Å². The van der Waals surface area contributed by atoms with Gasteiger partial charge in [-0.2, -0.15) is 0 Å². The fourth-order valence-electron chi connectivity index (χ4n) is 6.35. The molecule has 0 aromatic heterocycles. The molecule has 2 aromatic rings. The number of rotatable bonds is 4. The van der Waals surface area contributed by atoms with E-state index in [1.165, 1.54) is 19.3 Å². The van der Waals surface area contributed by atoms with E-state index in [0.29, 0.717) is 28.2 Å². The Labute approximate surface area is 279 Å². The number of benzene rings is 2. The largest absolute Gasteiger partial charge is 0.366 e. The number of amides is 5. The number of hydrogen-bond acceptors (Lipinski definition) is 5. The molecule has 1 atom stereocenters. The molecule has 3 heterocycles. The van der Waals surface area contributed by atoms with E-state index in [-0.39, 0.29) is 23.1 Å². The van der Waals surface area contributed by atoms with Crippen LogP contribution in [0.1, 0.15) is 126 Å². The Morgan fingerprint density at radius 1 is 0.681 bits per heavy atom. The van der Waals surface area contributed by atoms with Crippen molar-refractivity contribution in [1.82, 2.24) is 15.1 Å². The smallest absolute Gasteiger partial charge is 0.253 e. The fraction of sp³-hybridized carbons (Fsp3) is 0.541. The summed E-state index contributed by atoms with van der Waals surface area (Å²) in [5.41, 5.74) is 12.6. The molecule has 3 saturated heterocycles. The average Bonchev–Trinajstić information content (AvgIpc) is 3.52. The first-order valence-electron chi connectivity index (χ1n) is 17.0. The van der Waals surface area contributed by atoms with Gasteiger partial charge < -0.3 is 26.6 Å². The quantitative estimate of drug-likeness (QED) is 0.418. The predicted molar refractivity (Wildman–Crippen MR) is 184 cm³/mol. The molecule has 5 N–H and O–H groups in total. The lowest BCUT2D eigenvalue weighted by molar-refractivity contribution is -0.120. The minimum Gasteiger partial charge on any atom is -0.366 e. The van der Waals surface area contributed by atoms with Crippen LogP contribution in [0.3, 0.4) is 0 Å². The molecule has 256 valence electrons. The van der Waals surface area contributed by atoms with Crippen LogP contribution in [0.5, 0.6) is 0 Å². The highest BCUT2D eigenvalue weighted by atomic mass is 16.2. The van der Waals surface area contributed by atoms with Crippen molar-refractivity contribution in [3.05, 3.63) is 70.8 Å². The molecule has 0 saturated carbocycles. The Morgan fingerprint density at radius 2 is 1.15 bits per heavy atom. The number of likely N-dealkylation sites (tertiary alicyclic amines) is 2. The molecule has 2 aromatic carbocycles. The summed E-state index contributed by atoms with van der Waals surface area (Å²) >= 11 is 0. The second-order valence-electron chi connectivity index (χ2n) is 13.7. The molecule has 0 aliphatic carbocycles. The SMILES string of the molecule is CC1CCN(C(=O)c2ccc(C(N)=O)cc2)CC(C)(C)C1.NC(=O)c1ccc(C(=O)N2CCCCCC2)cc1.O=C1CCCCCN1. The summed E-state index contributed by atoms with van der Waals surface area (Å²) in [6, 6.07) is 13.2. The van der Waals surface area contributed by atoms with Crippen LogP contribution < -0.4 is 16.8 Å². The molecule has 0 spiro atoms. The molecule has 0 radical (unpaired) electrons. The number of carbonyl (C=O) groups excluding carboxylic acids is 5. The van der Waals surface area contributed by atoms with Crippen LogP contribution in [-0.4, -0.2) is 72.1 Å². The minimum atomic E-state index is -0.473. The van der Waals surface area contributed by atoms with Crippen LogP contribution in [0, 0.1) is 11.3 Å². The first kappa shape index (κ1) is 37.2. The number of nitrogens with two attached hydrogens (primary N) is 2. The van der Waals surface area contributed by atoms with Crippen LogP contribution in [-0.2, 0) is 4.79 Å². The number of hydrogen-bond donors (Lipinski definition) is 3. The van der Waals surface area contributed by atoms with Crippen LogP contribution in [0.25, 0.3) is 0 Å². The van der Waals surface area contributed by atoms with Crippen molar-refractivity contribution >= 4 is 29.5 Å². The Balaban J connectivity index is 0.000000209. The van der Waals surface area contributed by atoms with Crippen LogP contribution in [0.15, 0.2) is 48.5 Å².